The summed E-state index contributed by atoms with van der Waals surface area (Å²) in [7, 11) is 0. The molecule has 1 aliphatic heterocycles. The molecule has 3 rings (SSSR count). The summed E-state index contributed by atoms with van der Waals surface area (Å²) in [6.45, 7) is 7.15. The van der Waals surface area contributed by atoms with E-state index in [0.29, 0.717) is 6.04 Å². The molecule has 0 amide bonds. The molecule has 0 bridgehead atoms. The van der Waals surface area contributed by atoms with Crippen molar-refractivity contribution in [1.29, 1.82) is 0 Å². The molecule has 0 aromatic heterocycles. The maximum absolute atomic E-state index is 3.69. The summed E-state index contributed by atoms with van der Waals surface area (Å²) in [5.41, 5.74) is 2.85. The molecule has 1 unspecified atom stereocenters. The Morgan fingerprint density at radius 1 is 1.26 bits per heavy atom. The Morgan fingerprint density at radius 2 is 2.05 bits per heavy atom. The van der Waals surface area contributed by atoms with Crippen LogP contribution >= 0.6 is 0 Å². The highest BCUT2D eigenvalue weighted by Gasteiger charge is 2.31. The Morgan fingerprint density at radius 3 is 2.74 bits per heavy atom. The second-order valence-corrected chi connectivity index (χ2v) is 6.61. The zero-order valence-corrected chi connectivity index (χ0v) is 12.2. The lowest BCUT2D eigenvalue weighted by molar-refractivity contribution is 0.239. The van der Waals surface area contributed by atoms with E-state index in [2.05, 4.69) is 48.3 Å². The quantitative estimate of drug-likeness (QED) is 0.839. The molecular weight excluding hydrogens is 232 g/mol. The fraction of sp³-hybridized carbons (Fsp3) is 0.647. The van der Waals surface area contributed by atoms with Crippen LogP contribution in [0.4, 0.5) is 5.69 Å². The zero-order chi connectivity index (χ0) is 13.2. The van der Waals surface area contributed by atoms with Gasteiger partial charge in [-0.1, -0.05) is 32.0 Å². The SMILES string of the molecule is CC(C)CCN(CC1Cc2ccccc2N1)C1CC1. The maximum atomic E-state index is 3.69. The number of fused-ring (bicyclic) bond motifs is 1. The Kier molecular flexibility index (Phi) is 3.79. The smallest absolute Gasteiger partial charge is 0.0429 e. The highest BCUT2D eigenvalue weighted by Crippen LogP contribution is 2.30. The number of hydrogen-bond donors (Lipinski definition) is 1. The van der Waals surface area contributed by atoms with Gasteiger partial charge >= 0.3 is 0 Å². The van der Waals surface area contributed by atoms with Crippen LogP contribution in [0.3, 0.4) is 0 Å². The molecule has 1 aliphatic carbocycles. The summed E-state index contributed by atoms with van der Waals surface area (Å²) < 4.78 is 0. The minimum absolute atomic E-state index is 0.616. The first-order valence-electron chi connectivity index (χ1n) is 7.81. The van der Waals surface area contributed by atoms with Crippen molar-refractivity contribution in [2.75, 3.05) is 18.4 Å². The number of benzene rings is 1. The van der Waals surface area contributed by atoms with Gasteiger partial charge in [0.05, 0.1) is 0 Å². The van der Waals surface area contributed by atoms with Crippen LogP contribution in [0.1, 0.15) is 38.7 Å². The van der Waals surface area contributed by atoms with Gasteiger partial charge in [0.1, 0.15) is 0 Å². The van der Waals surface area contributed by atoms with Crippen molar-refractivity contribution >= 4 is 5.69 Å². The molecule has 2 nitrogen and oxygen atoms in total. The van der Waals surface area contributed by atoms with E-state index in [1.807, 2.05) is 0 Å². The van der Waals surface area contributed by atoms with Gasteiger partial charge in [-0.2, -0.15) is 0 Å². The van der Waals surface area contributed by atoms with E-state index < -0.39 is 0 Å². The molecule has 1 fully saturated rings. The highest BCUT2D eigenvalue weighted by atomic mass is 15.2. The molecule has 0 saturated heterocycles. The van der Waals surface area contributed by atoms with Crippen LogP contribution in [0.2, 0.25) is 0 Å². The number of nitrogens with zero attached hydrogens (tertiary/aromatic N) is 1. The van der Waals surface area contributed by atoms with Gasteiger partial charge in [0.15, 0.2) is 0 Å². The zero-order valence-electron chi connectivity index (χ0n) is 12.2. The summed E-state index contributed by atoms with van der Waals surface area (Å²) in [4.78, 5) is 2.73. The van der Waals surface area contributed by atoms with Crippen LogP contribution in [-0.4, -0.2) is 30.1 Å². The predicted molar refractivity (Wildman–Crippen MR) is 81.6 cm³/mol. The van der Waals surface area contributed by atoms with Gasteiger partial charge in [0, 0.05) is 24.3 Å². The number of rotatable bonds is 6. The molecule has 1 aromatic rings. The van der Waals surface area contributed by atoms with Crippen LogP contribution in [0.25, 0.3) is 0 Å². The van der Waals surface area contributed by atoms with E-state index in [-0.39, 0.29) is 0 Å². The Labute approximate surface area is 117 Å². The van der Waals surface area contributed by atoms with Gasteiger partial charge in [0.25, 0.3) is 0 Å². The first kappa shape index (κ1) is 13.0. The van der Waals surface area contributed by atoms with E-state index >= 15 is 0 Å². The molecule has 104 valence electrons. The summed E-state index contributed by atoms with van der Waals surface area (Å²) in [5, 5.41) is 3.69. The third-order valence-corrected chi connectivity index (χ3v) is 4.36. The van der Waals surface area contributed by atoms with Gasteiger partial charge in [-0.15, -0.1) is 0 Å². The molecule has 1 atom stereocenters. The van der Waals surface area contributed by atoms with E-state index in [4.69, 9.17) is 0 Å². The van der Waals surface area contributed by atoms with Crippen LogP contribution in [-0.2, 0) is 6.42 Å². The molecule has 1 aromatic carbocycles. The summed E-state index contributed by atoms with van der Waals surface area (Å²) in [6, 6.07) is 10.3. The lowest BCUT2D eigenvalue weighted by Gasteiger charge is -2.26. The summed E-state index contributed by atoms with van der Waals surface area (Å²) >= 11 is 0. The van der Waals surface area contributed by atoms with Crippen molar-refractivity contribution in [3.8, 4) is 0 Å². The Hall–Kier alpha value is -1.02. The third-order valence-electron chi connectivity index (χ3n) is 4.36. The van der Waals surface area contributed by atoms with Crippen LogP contribution in [0.15, 0.2) is 24.3 Å². The van der Waals surface area contributed by atoms with Crippen LogP contribution in [0.5, 0.6) is 0 Å². The first-order valence-corrected chi connectivity index (χ1v) is 7.81. The first-order chi connectivity index (χ1) is 9.22. The lowest BCUT2D eigenvalue weighted by atomic mass is 10.1. The maximum Gasteiger partial charge on any atom is 0.0429 e. The molecule has 1 saturated carbocycles. The molecule has 19 heavy (non-hydrogen) atoms. The van der Waals surface area contributed by atoms with Crippen molar-refractivity contribution in [2.24, 2.45) is 5.92 Å². The monoisotopic (exact) mass is 258 g/mol. The third kappa shape index (κ3) is 3.30. The molecule has 1 N–H and O–H groups in total. The van der Waals surface area contributed by atoms with Crippen molar-refractivity contribution in [2.45, 2.75) is 51.6 Å². The number of para-hydroxylation sites is 1. The number of anilines is 1. The fourth-order valence-electron chi connectivity index (χ4n) is 3.06. The van der Waals surface area contributed by atoms with Crippen molar-refractivity contribution in [3.05, 3.63) is 29.8 Å². The van der Waals surface area contributed by atoms with E-state index in [1.54, 1.807) is 0 Å². The fourth-order valence-corrected chi connectivity index (χ4v) is 3.06. The number of hydrogen-bond acceptors (Lipinski definition) is 2. The molecule has 2 heteroatoms. The minimum Gasteiger partial charge on any atom is -0.380 e. The molecule has 0 spiro atoms. The van der Waals surface area contributed by atoms with E-state index in [1.165, 1.54) is 50.0 Å². The van der Waals surface area contributed by atoms with Gasteiger partial charge in [-0.25, -0.2) is 0 Å². The molecule has 0 radical (unpaired) electrons. The van der Waals surface area contributed by atoms with Crippen molar-refractivity contribution < 1.29 is 0 Å². The minimum atomic E-state index is 0.616. The largest absolute Gasteiger partial charge is 0.380 e. The molecule has 2 aliphatic rings. The average molecular weight is 258 g/mol. The highest BCUT2D eigenvalue weighted by molar-refractivity contribution is 5.56. The van der Waals surface area contributed by atoms with Gasteiger partial charge < -0.3 is 5.32 Å². The predicted octanol–water partition coefficient (Wildman–Crippen LogP) is 3.53. The van der Waals surface area contributed by atoms with Crippen molar-refractivity contribution in [3.63, 3.8) is 0 Å². The van der Waals surface area contributed by atoms with Gasteiger partial charge in [-0.3, -0.25) is 4.90 Å². The van der Waals surface area contributed by atoms with Crippen molar-refractivity contribution in [1.82, 2.24) is 4.90 Å². The standard InChI is InChI=1S/C17H26N2/c1-13(2)9-10-19(16-7-8-16)12-15-11-14-5-3-4-6-17(14)18-15/h3-6,13,15-16,18H,7-12H2,1-2H3. The van der Waals surface area contributed by atoms with Gasteiger partial charge in [0.2, 0.25) is 0 Å². The van der Waals surface area contributed by atoms with E-state index in [0.717, 1.165) is 12.0 Å². The second-order valence-electron chi connectivity index (χ2n) is 6.61. The normalized spacial score (nSPS) is 21.8. The molecule has 1 heterocycles. The van der Waals surface area contributed by atoms with Gasteiger partial charge in [-0.05, 0) is 49.8 Å². The average Bonchev–Trinajstić information content (AvgIpc) is 3.14. The lowest BCUT2D eigenvalue weighted by Crippen LogP contribution is -2.38. The summed E-state index contributed by atoms with van der Waals surface area (Å²) in [5.74, 6) is 0.815. The number of nitrogens with one attached hydrogen (secondary N) is 1. The second kappa shape index (κ2) is 5.54. The van der Waals surface area contributed by atoms with E-state index in [9.17, 15) is 0 Å². The Balaban J connectivity index is 1.55. The molecular formula is C17H26N2. The topological polar surface area (TPSA) is 15.3 Å². The summed E-state index contributed by atoms with van der Waals surface area (Å²) in [6.07, 6.45) is 5.35. The van der Waals surface area contributed by atoms with Crippen LogP contribution in [0, 0.1) is 5.92 Å². The van der Waals surface area contributed by atoms with Crippen LogP contribution < -0.4 is 5.32 Å². The Bertz CT molecular complexity index is 398.